The van der Waals surface area contributed by atoms with Gasteiger partial charge in [-0.05, 0) is 20.8 Å². The van der Waals surface area contributed by atoms with Crippen LogP contribution in [0.4, 0.5) is 0 Å². The van der Waals surface area contributed by atoms with Gasteiger partial charge in [-0.2, -0.15) is 0 Å². The highest BCUT2D eigenvalue weighted by Crippen LogP contribution is 2.11. The average Bonchev–Trinajstić information content (AvgIpc) is 2.26. The SMILES string of the molecule is COC(=O)CC1CN(CC(=O)OC(C)(C)C)CCO1. The lowest BCUT2D eigenvalue weighted by Crippen LogP contribution is -2.46. The van der Waals surface area contributed by atoms with Gasteiger partial charge in [-0.1, -0.05) is 0 Å². The summed E-state index contributed by atoms with van der Waals surface area (Å²) >= 11 is 0. The summed E-state index contributed by atoms with van der Waals surface area (Å²) in [7, 11) is 1.35. The molecule has 0 radical (unpaired) electrons. The van der Waals surface area contributed by atoms with Crippen LogP contribution in [0.2, 0.25) is 0 Å². The Labute approximate surface area is 114 Å². The van der Waals surface area contributed by atoms with E-state index in [1.807, 2.05) is 25.7 Å². The molecule has 1 aliphatic heterocycles. The van der Waals surface area contributed by atoms with Crippen LogP contribution < -0.4 is 0 Å². The molecule has 1 saturated heterocycles. The molecule has 19 heavy (non-hydrogen) atoms. The van der Waals surface area contributed by atoms with Gasteiger partial charge in [0.15, 0.2) is 0 Å². The molecule has 0 saturated carbocycles. The van der Waals surface area contributed by atoms with Crippen molar-refractivity contribution < 1.29 is 23.8 Å². The highest BCUT2D eigenvalue weighted by molar-refractivity contribution is 5.72. The molecular weight excluding hydrogens is 250 g/mol. The molecule has 0 aliphatic carbocycles. The van der Waals surface area contributed by atoms with Crippen LogP contribution in [0.1, 0.15) is 27.2 Å². The van der Waals surface area contributed by atoms with Gasteiger partial charge in [0.2, 0.25) is 0 Å². The lowest BCUT2D eigenvalue weighted by Gasteiger charge is -2.32. The van der Waals surface area contributed by atoms with Crippen LogP contribution in [-0.2, 0) is 23.8 Å². The van der Waals surface area contributed by atoms with Gasteiger partial charge in [0.1, 0.15) is 5.60 Å². The number of nitrogens with zero attached hydrogens (tertiary/aromatic N) is 1. The first-order chi connectivity index (χ1) is 8.80. The third-order valence-corrected chi connectivity index (χ3v) is 2.62. The standard InChI is InChI=1S/C13H23NO5/c1-13(2,3)19-12(16)9-14-5-6-18-10(8-14)7-11(15)17-4/h10H,5-9H2,1-4H3. The lowest BCUT2D eigenvalue weighted by molar-refractivity contribution is -0.158. The Hall–Kier alpha value is -1.14. The molecule has 1 aliphatic rings. The van der Waals surface area contributed by atoms with Gasteiger partial charge in [-0.25, -0.2) is 0 Å². The zero-order chi connectivity index (χ0) is 14.5. The van der Waals surface area contributed by atoms with Gasteiger partial charge in [0.05, 0.1) is 32.8 Å². The Morgan fingerprint density at radius 1 is 1.32 bits per heavy atom. The molecule has 1 rings (SSSR count). The summed E-state index contributed by atoms with van der Waals surface area (Å²) in [5, 5.41) is 0. The first-order valence-corrected chi connectivity index (χ1v) is 6.43. The Kier molecular flexibility index (Phi) is 5.75. The summed E-state index contributed by atoms with van der Waals surface area (Å²) in [5.74, 6) is -0.560. The fourth-order valence-electron chi connectivity index (χ4n) is 1.87. The van der Waals surface area contributed by atoms with E-state index < -0.39 is 5.60 Å². The summed E-state index contributed by atoms with van der Waals surface area (Å²) in [5.41, 5.74) is -0.477. The molecule has 0 aromatic heterocycles. The molecular formula is C13H23NO5. The molecule has 0 N–H and O–H groups in total. The number of carbonyl (C=O) groups is 2. The summed E-state index contributed by atoms with van der Waals surface area (Å²) in [4.78, 5) is 24.8. The van der Waals surface area contributed by atoms with Gasteiger partial charge >= 0.3 is 11.9 Å². The van der Waals surface area contributed by atoms with Crippen molar-refractivity contribution in [3.63, 3.8) is 0 Å². The maximum absolute atomic E-state index is 11.7. The first-order valence-electron chi connectivity index (χ1n) is 6.43. The molecule has 0 aromatic rings. The van der Waals surface area contributed by atoms with E-state index in [1.165, 1.54) is 7.11 Å². The van der Waals surface area contributed by atoms with E-state index in [2.05, 4.69) is 4.74 Å². The van der Waals surface area contributed by atoms with E-state index in [1.54, 1.807) is 0 Å². The van der Waals surface area contributed by atoms with Crippen molar-refractivity contribution in [3.8, 4) is 0 Å². The van der Waals surface area contributed by atoms with E-state index in [0.717, 1.165) is 0 Å². The molecule has 110 valence electrons. The minimum Gasteiger partial charge on any atom is -0.469 e. The second-order valence-electron chi connectivity index (χ2n) is 5.59. The van der Waals surface area contributed by atoms with Gasteiger partial charge in [-0.15, -0.1) is 0 Å². The maximum atomic E-state index is 11.7. The normalized spacial score (nSPS) is 20.9. The molecule has 0 spiro atoms. The van der Waals surface area contributed by atoms with Crippen molar-refractivity contribution in [1.82, 2.24) is 4.90 Å². The van der Waals surface area contributed by atoms with E-state index in [-0.39, 0.29) is 31.0 Å². The van der Waals surface area contributed by atoms with Crippen LogP contribution >= 0.6 is 0 Å². The van der Waals surface area contributed by atoms with Crippen molar-refractivity contribution in [3.05, 3.63) is 0 Å². The van der Waals surface area contributed by atoms with Gasteiger partial charge in [0, 0.05) is 13.1 Å². The van der Waals surface area contributed by atoms with Crippen LogP contribution in [0, 0.1) is 0 Å². The van der Waals surface area contributed by atoms with Gasteiger partial charge in [0.25, 0.3) is 0 Å². The summed E-state index contributed by atoms with van der Waals surface area (Å²) in [6.45, 7) is 7.44. The molecule has 1 heterocycles. The fourth-order valence-corrected chi connectivity index (χ4v) is 1.87. The Balaban J connectivity index is 2.38. The van der Waals surface area contributed by atoms with Crippen molar-refractivity contribution in [2.45, 2.75) is 38.9 Å². The third kappa shape index (κ3) is 6.54. The van der Waals surface area contributed by atoms with Crippen LogP contribution in [0.5, 0.6) is 0 Å². The number of carbonyl (C=O) groups excluding carboxylic acids is 2. The van der Waals surface area contributed by atoms with Gasteiger partial charge < -0.3 is 14.2 Å². The number of methoxy groups -OCH3 is 1. The minimum atomic E-state index is -0.477. The van der Waals surface area contributed by atoms with Crippen LogP contribution in [0.15, 0.2) is 0 Å². The minimum absolute atomic E-state index is 0.210. The molecule has 0 aromatic carbocycles. The predicted molar refractivity (Wildman–Crippen MR) is 68.7 cm³/mol. The molecule has 0 bridgehead atoms. The summed E-state index contributed by atoms with van der Waals surface area (Å²) in [6.07, 6.45) is -0.00921. The van der Waals surface area contributed by atoms with Gasteiger partial charge in [-0.3, -0.25) is 14.5 Å². The Bertz CT molecular complexity index is 323. The second-order valence-corrected chi connectivity index (χ2v) is 5.59. The number of hydrogen-bond donors (Lipinski definition) is 0. The first kappa shape index (κ1) is 15.9. The highest BCUT2D eigenvalue weighted by atomic mass is 16.6. The Morgan fingerprint density at radius 3 is 2.58 bits per heavy atom. The zero-order valence-corrected chi connectivity index (χ0v) is 12.1. The summed E-state index contributed by atoms with van der Waals surface area (Å²) < 4.78 is 15.3. The smallest absolute Gasteiger partial charge is 0.320 e. The van der Waals surface area contributed by atoms with Crippen molar-refractivity contribution in [2.75, 3.05) is 33.4 Å². The predicted octanol–water partition coefficient (Wildman–Crippen LogP) is 0.592. The van der Waals surface area contributed by atoms with Crippen molar-refractivity contribution in [2.24, 2.45) is 0 Å². The Morgan fingerprint density at radius 2 is 2.00 bits per heavy atom. The molecule has 1 atom stereocenters. The van der Waals surface area contributed by atoms with Crippen LogP contribution in [-0.4, -0.2) is 61.9 Å². The summed E-state index contributed by atoms with van der Waals surface area (Å²) in [6, 6.07) is 0. The van der Waals surface area contributed by atoms with Crippen molar-refractivity contribution >= 4 is 11.9 Å². The fraction of sp³-hybridized carbons (Fsp3) is 0.846. The lowest BCUT2D eigenvalue weighted by atomic mass is 10.2. The average molecular weight is 273 g/mol. The molecule has 1 fully saturated rings. The third-order valence-electron chi connectivity index (χ3n) is 2.62. The molecule has 0 amide bonds. The number of rotatable bonds is 4. The number of ether oxygens (including phenoxy) is 3. The largest absolute Gasteiger partial charge is 0.469 e. The highest BCUT2D eigenvalue weighted by Gasteiger charge is 2.26. The van der Waals surface area contributed by atoms with Crippen molar-refractivity contribution in [1.29, 1.82) is 0 Å². The number of hydrogen-bond acceptors (Lipinski definition) is 6. The maximum Gasteiger partial charge on any atom is 0.320 e. The zero-order valence-electron chi connectivity index (χ0n) is 12.1. The van der Waals surface area contributed by atoms with E-state index in [9.17, 15) is 9.59 Å². The van der Waals surface area contributed by atoms with E-state index in [4.69, 9.17) is 9.47 Å². The topological polar surface area (TPSA) is 65.1 Å². The second kappa shape index (κ2) is 6.86. The molecule has 1 unspecified atom stereocenters. The number of esters is 2. The number of morpholine rings is 1. The molecule has 6 heteroatoms. The van der Waals surface area contributed by atoms with E-state index >= 15 is 0 Å². The van der Waals surface area contributed by atoms with Crippen LogP contribution in [0.3, 0.4) is 0 Å². The molecule has 6 nitrogen and oxygen atoms in total. The monoisotopic (exact) mass is 273 g/mol. The van der Waals surface area contributed by atoms with Crippen LogP contribution in [0.25, 0.3) is 0 Å². The quantitative estimate of drug-likeness (QED) is 0.699. The van der Waals surface area contributed by atoms with E-state index in [0.29, 0.717) is 19.7 Å².